The van der Waals surface area contributed by atoms with Gasteiger partial charge in [-0.1, -0.05) is 19.9 Å². The van der Waals surface area contributed by atoms with Gasteiger partial charge in [0.25, 0.3) is 0 Å². The summed E-state index contributed by atoms with van der Waals surface area (Å²) < 4.78 is 39.3. The molecule has 0 spiro atoms. The van der Waals surface area contributed by atoms with Crippen molar-refractivity contribution in [2.24, 2.45) is 5.92 Å². The van der Waals surface area contributed by atoms with E-state index >= 15 is 0 Å². The fourth-order valence-corrected chi connectivity index (χ4v) is 4.90. The van der Waals surface area contributed by atoms with E-state index in [9.17, 15) is 13.2 Å². The first-order valence-corrected chi connectivity index (χ1v) is 11.7. The second-order valence-electron chi connectivity index (χ2n) is 8.91. The Labute approximate surface area is 190 Å². The van der Waals surface area contributed by atoms with Gasteiger partial charge in [-0.25, -0.2) is 8.42 Å². The summed E-state index contributed by atoms with van der Waals surface area (Å²) in [5, 5.41) is 0. The molecule has 0 saturated carbocycles. The van der Waals surface area contributed by atoms with Gasteiger partial charge in [-0.15, -0.1) is 0 Å². The average Bonchev–Trinajstić information content (AvgIpc) is 2.68. The lowest BCUT2D eigenvalue weighted by Crippen LogP contribution is -2.49. The van der Waals surface area contributed by atoms with Crippen LogP contribution in [0.4, 0.5) is 11.4 Å². The Hall–Kier alpha value is -2.78. The van der Waals surface area contributed by atoms with E-state index in [4.69, 9.17) is 20.9 Å². The maximum Gasteiger partial charge on any atom is 0.325 e. The number of nitrogens with two attached hydrogens (primary N) is 2. The monoisotopic (exact) mass is 463 g/mol. The number of methoxy groups -OCH3 is 1. The van der Waals surface area contributed by atoms with E-state index in [0.717, 1.165) is 0 Å². The van der Waals surface area contributed by atoms with Gasteiger partial charge in [0.05, 0.1) is 23.4 Å². The molecule has 176 valence electrons. The van der Waals surface area contributed by atoms with Gasteiger partial charge in [0, 0.05) is 6.54 Å². The van der Waals surface area contributed by atoms with E-state index in [-0.39, 0.29) is 17.4 Å². The van der Waals surface area contributed by atoms with Crippen LogP contribution < -0.4 is 16.2 Å². The van der Waals surface area contributed by atoms with Crippen molar-refractivity contribution in [3.8, 4) is 5.75 Å². The zero-order valence-corrected chi connectivity index (χ0v) is 20.3. The molecule has 0 aliphatic rings. The third kappa shape index (κ3) is 6.14. The molecule has 0 aliphatic heterocycles. The fourth-order valence-electron chi connectivity index (χ4n) is 3.20. The van der Waals surface area contributed by atoms with Crippen molar-refractivity contribution >= 4 is 27.4 Å². The van der Waals surface area contributed by atoms with Crippen LogP contribution in [-0.4, -0.2) is 37.4 Å². The van der Waals surface area contributed by atoms with Crippen molar-refractivity contribution < 1.29 is 22.7 Å². The normalized spacial score (nSPS) is 13.2. The Morgan fingerprint density at radius 3 is 2.09 bits per heavy atom. The van der Waals surface area contributed by atoms with Crippen molar-refractivity contribution in [3.05, 3.63) is 48.0 Å². The van der Waals surface area contributed by atoms with E-state index in [1.54, 1.807) is 65.0 Å². The van der Waals surface area contributed by atoms with E-state index in [1.807, 2.05) is 0 Å². The van der Waals surface area contributed by atoms with E-state index in [1.165, 1.54) is 23.5 Å². The van der Waals surface area contributed by atoms with Crippen LogP contribution in [0.15, 0.2) is 47.4 Å². The van der Waals surface area contributed by atoms with Crippen LogP contribution in [0.3, 0.4) is 0 Å². The van der Waals surface area contributed by atoms with Gasteiger partial charge in [0.15, 0.2) is 0 Å². The summed E-state index contributed by atoms with van der Waals surface area (Å²) in [6, 6.07) is 9.87. The molecule has 2 aromatic carbocycles. The molecule has 0 aromatic heterocycles. The molecule has 0 saturated heterocycles. The molecule has 4 N–H and O–H groups in total. The van der Waals surface area contributed by atoms with Gasteiger partial charge in [-0.2, -0.15) is 4.31 Å². The lowest BCUT2D eigenvalue weighted by atomic mass is 10.0. The lowest BCUT2D eigenvalue weighted by Gasteiger charge is -2.34. The van der Waals surface area contributed by atoms with Gasteiger partial charge >= 0.3 is 5.97 Å². The highest BCUT2D eigenvalue weighted by Crippen LogP contribution is 2.29. The summed E-state index contributed by atoms with van der Waals surface area (Å²) in [5.74, 6) is -0.452. The molecule has 2 aromatic rings. The molecular formula is C23H33N3O5S. The Morgan fingerprint density at radius 2 is 1.62 bits per heavy atom. The smallest absolute Gasteiger partial charge is 0.325 e. The van der Waals surface area contributed by atoms with Crippen molar-refractivity contribution in [1.29, 1.82) is 0 Å². The summed E-state index contributed by atoms with van der Waals surface area (Å²) in [7, 11) is -2.59. The highest BCUT2D eigenvalue weighted by molar-refractivity contribution is 7.89. The summed E-state index contributed by atoms with van der Waals surface area (Å²) in [4.78, 5) is 13.2. The second-order valence-corrected chi connectivity index (χ2v) is 10.8. The summed E-state index contributed by atoms with van der Waals surface area (Å²) in [6.07, 6.45) is 0. The first-order chi connectivity index (χ1) is 14.8. The topological polar surface area (TPSA) is 125 Å². The van der Waals surface area contributed by atoms with Crippen LogP contribution >= 0.6 is 0 Å². The SMILES string of the molecule is COc1ccc(S(=O)(=O)N(Cc2ccc(N)c(N)c2)[C@@H](C(=O)OC(C)(C)C)C(C)C)cc1. The zero-order valence-electron chi connectivity index (χ0n) is 19.5. The average molecular weight is 464 g/mol. The quantitative estimate of drug-likeness (QED) is 0.454. The van der Waals surface area contributed by atoms with Gasteiger partial charge in [-0.05, 0) is 68.7 Å². The number of nitrogen functional groups attached to an aromatic ring is 2. The summed E-state index contributed by atoms with van der Waals surface area (Å²) in [6.45, 7) is 8.70. The molecule has 0 heterocycles. The first kappa shape index (κ1) is 25.5. The number of carbonyl (C=O) groups excluding carboxylic acids is 1. The molecule has 0 radical (unpaired) electrons. The molecule has 0 aliphatic carbocycles. The fraction of sp³-hybridized carbons (Fsp3) is 0.435. The number of rotatable bonds is 8. The molecule has 0 fully saturated rings. The Kier molecular flexibility index (Phi) is 7.79. The number of ether oxygens (including phenoxy) is 2. The number of hydrogen-bond acceptors (Lipinski definition) is 7. The molecular weight excluding hydrogens is 430 g/mol. The van der Waals surface area contributed by atoms with Crippen LogP contribution in [0.25, 0.3) is 0 Å². The lowest BCUT2D eigenvalue weighted by molar-refractivity contribution is -0.161. The van der Waals surface area contributed by atoms with Gasteiger partial charge in [0.2, 0.25) is 10.0 Å². The Bertz CT molecular complexity index is 1040. The predicted octanol–water partition coefficient (Wildman–Crippen LogP) is 3.42. The molecule has 0 amide bonds. The zero-order chi connectivity index (χ0) is 24.3. The van der Waals surface area contributed by atoms with Gasteiger partial charge in [-0.3, -0.25) is 4.79 Å². The Morgan fingerprint density at radius 1 is 1.03 bits per heavy atom. The number of esters is 1. The molecule has 8 nitrogen and oxygen atoms in total. The number of sulfonamides is 1. The number of nitrogens with zero attached hydrogens (tertiary/aromatic N) is 1. The van der Waals surface area contributed by atoms with Crippen LogP contribution in [0.1, 0.15) is 40.2 Å². The van der Waals surface area contributed by atoms with Crippen LogP contribution in [0, 0.1) is 5.92 Å². The second kappa shape index (κ2) is 9.79. The van der Waals surface area contributed by atoms with E-state index < -0.39 is 27.6 Å². The highest BCUT2D eigenvalue weighted by Gasteiger charge is 2.40. The van der Waals surface area contributed by atoms with Gasteiger partial charge in [0.1, 0.15) is 17.4 Å². The predicted molar refractivity (Wildman–Crippen MR) is 125 cm³/mol. The maximum atomic E-state index is 13.7. The third-order valence-electron chi connectivity index (χ3n) is 4.75. The summed E-state index contributed by atoms with van der Waals surface area (Å²) >= 11 is 0. The third-order valence-corrected chi connectivity index (χ3v) is 6.59. The minimum atomic E-state index is -4.09. The molecule has 2 rings (SSSR count). The summed E-state index contributed by atoms with van der Waals surface area (Å²) in [5.41, 5.74) is 12.3. The molecule has 0 unspecified atom stereocenters. The van der Waals surface area contributed by atoms with Crippen LogP contribution in [-0.2, 0) is 26.1 Å². The van der Waals surface area contributed by atoms with E-state index in [0.29, 0.717) is 22.7 Å². The number of hydrogen-bond donors (Lipinski definition) is 2. The molecule has 32 heavy (non-hydrogen) atoms. The van der Waals surface area contributed by atoms with Crippen molar-refractivity contribution in [1.82, 2.24) is 4.31 Å². The van der Waals surface area contributed by atoms with Crippen molar-refractivity contribution in [2.45, 2.75) is 57.7 Å². The van der Waals surface area contributed by atoms with Gasteiger partial charge < -0.3 is 20.9 Å². The maximum absolute atomic E-state index is 13.7. The van der Waals surface area contributed by atoms with E-state index in [2.05, 4.69) is 0 Å². The highest BCUT2D eigenvalue weighted by atomic mass is 32.2. The minimum Gasteiger partial charge on any atom is -0.497 e. The Balaban J connectivity index is 2.59. The molecule has 9 heteroatoms. The van der Waals surface area contributed by atoms with Crippen LogP contribution in [0.5, 0.6) is 5.75 Å². The van der Waals surface area contributed by atoms with Crippen molar-refractivity contribution in [3.63, 3.8) is 0 Å². The number of carbonyl (C=O) groups is 1. The number of anilines is 2. The minimum absolute atomic E-state index is 0.0379. The molecule has 0 bridgehead atoms. The van der Waals surface area contributed by atoms with Crippen molar-refractivity contribution in [2.75, 3.05) is 18.6 Å². The number of benzene rings is 2. The first-order valence-electron chi connectivity index (χ1n) is 10.3. The largest absolute Gasteiger partial charge is 0.497 e. The van der Waals surface area contributed by atoms with Crippen LogP contribution in [0.2, 0.25) is 0 Å². The standard InChI is InChI=1S/C23H33N3O5S/c1-15(2)21(22(27)31-23(3,4)5)26(14-16-7-12-19(24)20(25)13-16)32(28,29)18-10-8-17(30-6)9-11-18/h7-13,15,21H,14,24-25H2,1-6H3/t21-/m1/s1. The molecule has 1 atom stereocenters.